The van der Waals surface area contributed by atoms with Crippen molar-refractivity contribution in [3.05, 3.63) is 29.3 Å². The molecule has 1 aromatic carbocycles. The molecule has 0 N–H and O–H groups in total. The zero-order chi connectivity index (χ0) is 17.4. The van der Waals surface area contributed by atoms with E-state index in [1.165, 1.54) is 20.3 Å². The van der Waals surface area contributed by atoms with E-state index in [0.29, 0.717) is 6.61 Å². The van der Waals surface area contributed by atoms with Crippen molar-refractivity contribution >= 4 is 36.1 Å². The SMILES string of the molecule is CCO/N=C1\CCc2cc(OCCC(C)(C)CCOSI)ccc21. The molecule has 0 radical (unpaired) electrons. The highest BCUT2D eigenvalue weighted by atomic mass is 127. The summed E-state index contributed by atoms with van der Waals surface area (Å²) in [5.74, 6) is 0.946. The number of hydrogen-bond donors (Lipinski definition) is 0. The van der Waals surface area contributed by atoms with Crippen molar-refractivity contribution in [2.45, 2.75) is 46.5 Å². The number of ether oxygens (including phenoxy) is 1. The highest BCUT2D eigenvalue weighted by Gasteiger charge is 2.20. The molecule has 4 nitrogen and oxygen atoms in total. The maximum absolute atomic E-state index is 5.97. The largest absolute Gasteiger partial charge is 0.494 e. The summed E-state index contributed by atoms with van der Waals surface area (Å²) in [6.07, 6.45) is 4.00. The second-order valence-corrected chi connectivity index (χ2v) is 8.11. The van der Waals surface area contributed by atoms with E-state index in [4.69, 9.17) is 13.8 Å². The Hall–Kier alpha value is -0.470. The molecule has 24 heavy (non-hydrogen) atoms. The third-order valence-electron chi connectivity index (χ3n) is 4.28. The van der Waals surface area contributed by atoms with Gasteiger partial charge in [0.15, 0.2) is 0 Å². The van der Waals surface area contributed by atoms with Crippen LogP contribution in [0.25, 0.3) is 0 Å². The van der Waals surface area contributed by atoms with Crippen molar-refractivity contribution < 1.29 is 13.8 Å². The van der Waals surface area contributed by atoms with Gasteiger partial charge in [-0.2, -0.15) is 0 Å². The second kappa shape index (κ2) is 9.87. The lowest BCUT2D eigenvalue weighted by Gasteiger charge is -2.24. The number of aryl methyl sites for hydroxylation is 1. The average molecular weight is 463 g/mol. The standard InChI is InChI=1S/C18H26INO3S/c1-4-22-20-17-8-5-14-13-15(6-7-16(14)17)21-11-9-18(2,3)10-12-23-24-19/h6-7,13H,4-5,8-12H2,1-3H3/b20-17+. The molecule has 0 heterocycles. The molecule has 1 aliphatic rings. The van der Waals surface area contributed by atoms with Gasteiger partial charge >= 0.3 is 0 Å². The maximum atomic E-state index is 5.97. The topological polar surface area (TPSA) is 40.0 Å². The monoisotopic (exact) mass is 463 g/mol. The molecule has 0 spiro atoms. The Morgan fingerprint density at radius 2 is 2.00 bits per heavy atom. The lowest BCUT2D eigenvalue weighted by Crippen LogP contribution is -2.17. The summed E-state index contributed by atoms with van der Waals surface area (Å²) in [5, 5.41) is 4.20. The molecule has 1 aliphatic carbocycles. The zero-order valence-corrected chi connectivity index (χ0v) is 17.6. The van der Waals surface area contributed by atoms with Crippen LogP contribution in [0, 0.1) is 5.41 Å². The molecule has 0 saturated heterocycles. The fourth-order valence-corrected chi connectivity index (χ4v) is 3.38. The molecular formula is C18H26INO3S. The van der Waals surface area contributed by atoms with E-state index < -0.39 is 0 Å². The first-order valence-corrected chi connectivity index (χ1v) is 11.7. The molecule has 6 heteroatoms. The van der Waals surface area contributed by atoms with Crippen molar-refractivity contribution in [3.63, 3.8) is 0 Å². The highest BCUT2D eigenvalue weighted by Crippen LogP contribution is 2.29. The third-order valence-corrected chi connectivity index (χ3v) is 5.30. The predicted octanol–water partition coefficient (Wildman–Crippen LogP) is 5.57. The van der Waals surface area contributed by atoms with Gasteiger partial charge in [-0.3, -0.25) is 0 Å². The lowest BCUT2D eigenvalue weighted by molar-refractivity contribution is 0.158. The van der Waals surface area contributed by atoms with Gasteiger partial charge < -0.3 is 13.8 Å². The molecule has 1 aromatic rings. The number of halogens is 1. The van der Waals surface area contributed by atoms with Crippen LogP contribution in [0.3, 0.4) is 0 Å². The molecule has 0 amide bonds. The quantitative estimate of drug-likeness (QED) is 0.197. The van der Waals surface area contributed by atoms with Gasteiger partial charge in [0.25, 0.3) is 0 Å². The minimum absolute atomic E-state index is 0.223. The van der Waals surface area contributed by atoms with Gasteiger partial charge in [0.1, 0.15) is 12.4 Å². The van der Waals surface area contributed by atoms with Crippen molar-refractivity contribution in [1.29, 1.82) is 0 Å². The van der Waals surface area contributed by atoms with Crippen molar-refractivity contribution in [2.24, 2.45) is 10.6 Å². The molecule has 0 unspecified atom stereocenters. The number of hydrogen-bond acceptors (Lipinski definition) is 5. The second-order valence-electron chi connectivity index (χ2n) is 6.67. The van der Waals surface area contributed by atoms with Gasteiger partial charge in [-0.25, -0.2) is 0 Å². The Kier molecular flexibility index (Phi) is 8.16. The molecule has 0 fully saturated rings. The van der Waals surface area contributed by atoms with E-state index in [1.807, 2.05) is 13.0 Å². The van der Waals surface area contributed by atoms with Gasteiger partial charge in [0.05, 0.1) is 28.1 Å². The van der Waals surface area contributed by atoms with Crippen LogP contribution in [0.2, 0.25) is 0 Å². The number of benzene rings is 1. The molecule has 0 aromatic heterocycles. The molecule has 134 valence electrons. The third kappa shape index (κ3) is 6.11. The average Bonchev–Trinajstić information content (AvgIpc) is 2.95. The van der Waals surface area contributed by atoms with Crippen LogP contribution in [0.5, 0.6) is 5.75 Å². The van der Waals surface area contributed by atoms with E-state index in [0.717, 1.165) is 50.4 Å². The van der Waals surface area contributed by atoms with Crippen molar-refractivity contribution in [2.75, 3.05) is 19.8 Å². The van der Waals surface area contributed by atoms with Crippen LogP contribution in [-0.2, 0) is 15.4 Å². The van der Waals surface area contributed by atoms with E-state index in [-0.39, 0.29) is 5.41 Å². The molecule has 2 rings (SSSR count). The summed E-state index contributed by atoms with van der Waals surface area (Å²) < 4.78 is 11.3. The van der Waals surface area contributed by atoms with Crippen LogP contribution in [0.1, 0.15) is 51.2 Å². The smallest absolute Gasteiger partial charge is 0.119 e. The number of rotatable bonds is 10. The minimum atomic E-state index is 0.223. The summed E-state index contributed by atoms with van der Waals surface area (Å²) >= 11 is 2.15. The molecule has 0 bridgehead atoms. The zero-order valence-electron chi connectivity index (χ0n) is 14.6. The van der Waals surface area contributed by atoms with E-state index in [9.17, 15) is 0 Å². The Morgan fingerprint density at radius 1 is 1.21 bits per heavy atom. The normalized spacial score (nSPS) is 15.6. The lowest BCUT2D eigenvalue weighted by atomic mass is 9.86. The van der Waals surface area contributed by atoms with E-state index in [2.05, 4.69) is 52.3 Å². The fraction of sp³-hybridized carbons (Fsp3) is 0.611. The highest BCUT2D eigenvalue weighted by molar-refractivity contribution is 14.2. The summed E-state index contributed by atoms with van der Waals surface area (Å²) in [6.45, 7) is 8.58. The molecular weight excluding hydrogens is 437 g/mol. The van der Waals surface area contributed by atoms with Crippen molar-refractivity contribution in [3.8, 4) is 5.75 Å². The van der Waals surface area contributed by atoms with Crippen LogP contribution in [0.4, 0.5) is 0 Å². The molecule has 0 aliphatic heterocycles. The minimum Gasteiger partial charge on any atom is -0.494 e. The first kappa shape index (κ1) is 19.8. The summed E-state index contributed by atoms with van der Waals surface area (Å²) in [4.78, 5) is 5.19. The van der Waals surface area contributed by atoms with Gasteiger partial charge in [-0.05, 0) is 61.8 Å². The van der Waals surface area contributed by atoms with Crippen LogP contribution >= 0.6 is 30.4 Å². The van der Waals surface area contributed by atoms with Crippen molar-refractivity contribution in [1.82, 2.24) is 0 Å². The summed E-state index contributed by atoms with van der Waals surface area (Å²) in [5.41, 5.74) is 3.77. The maximum Gasteiger partial charge on any atom is 0.119 e. The number of fused-ring (bicyclic) bond motifs is 1. The summed E-state index contributed by atoms with van der Waals surface area (Å²) in [6, 6.07) is 6.28. The Labute approximate surface area is 161 Å². The van der Waals surface area contributed by atoms with Gasteiger partial charge in [-0.15, -0.1) is 0 Å². The van der Waals surface area contributed by atoms with Crippen LogP contribution in [-0.4, -0.2) is 25.5 Å². The van der Waals surface area contributed by atoms with Gasteiger partial charge in [0.2, 0.25) is 0 Å². The predicted molar refractivity (Wildman–Crippen MR) is 109 cm³/mol. The Bertz CT molecular complexity index is 563. The van der Waals surface area contributed by atoms with Crippen LogP contribution in [0.15, 0.2) is 23.4 Å². The van der Waals surface area contributed by atoms with E-state index >= 15 is 0 Å². The van der Waals surface area contributed by atoms with E-state index in [1.54, 1.807) is 0 Å². The molecule has 0 atom stereocenters. The Morgan fingerprint density at radius 3 is 2.75 bits per heavy atom. The molecule has 0 saturated carbocycles. The Balaban J connectivity index is 1.84. The number of nitrogens with zero attached hydrogens (tertiary/aromatic N) is 1. The first-order valence-electron chi connectivity index (χ1n) is 8.41. The number of oxime groups is 1. The van der Waals surface area contributed by atoms with Gasteiger partial charge in [0, 0.05) is 26.8 Å². The summed E-state index contributed by atoms with van der Waals surface area (Å²) in [7, 11) is 1.40. The first-order chi connectivity index (χ1) is 11.6. The van der Waals surface area contributed by atoms with Gasteiger partial charge in [-0.1, -0.05) is 19.0 Å². The van der Waals surface area contributed by atoms with Crippen LogP contribution < -0.4 is 4.74 Å². The fourth-order valence-electron chi connectivity index (χ4n) is 2.69.